The van der Waals surface area contributed by atoms with Crippen molar-refractivity contribution in [2.75, 3.05) is 31.5 Å². The van der Waals surface area contributed by atoms with Gasteiger partial charge in [-0.3, -0.25) is 14.6 Å². The first-order valence-electron chi connectivity index (χ1n) is 9.14. The maximum absolute atomic E-state index is 12.8. The van der Waals surface area contributed by atoms with Crippen LogP contribution in [0.25, 0.3) is 0 Å². The number of piperazine rings is 1. The average Bonchev–Trinajstić information content (AvgIpc) is 3.46. The van der Waals surface area contributed by atoms with Crippen molar-refractivity contribution < 1.29 is 4.79 Å². The van der Waals surface area contributed by atoms with Crippen LogP contribution in [0.1, 0.15) is 18.4 Å². The van der Waals surface area contributed by atoms with Crippen LogP contribution in [0.4, 0.5) is 5.69 Å². The number of carbonyl (C=O) groups excluding carboxylic acids is 1. The summed E-state index contributed by atoms with van der Waals surface area (Å²) in [7, 11) is 0. The van der Waals surface area contributed by atoms with Gasteiger partial charge >= 0.3 is 0 Å². The molecule has 4 nitrogen and oxygen atoms in total. The van der Waals surface area contributed by atoms with E-state index >= 15 is 0 Å². The van der Waals surface area contributed by atoms with E-state index in [1.807, 2.05) is 30.3 Å². The topological polar surface area (TPSA) is 35.6 Å². The minimum atomic E-state index is -0.269. The molecule has 4 rings (SSSR count). The van der Waals surface area contributed by atoms with Crippen molar-refractivity contribution in [3.05, 3.63) is 66.2 Å². The highest BCUT2D eigenvalue weighted by Gasteiger charge is 2.54. The Balaban J connectivity index is 1.33. The first kappa shape index (κ1) is 16.3. The van der Waals surface area contributed by atoms with Gasteiger partial charge in [0, 0.05) is 38.4 Å². The Hall–Kier alpha value is -2.17. The van der Waals surface area contributed by atoms with Gasteiger partial charge in [-0.2, -0.15) is 0 Å². The second kappa shape index (κ2) is 6.98. The van der Waals surface area contributed by atoms with Crippen LogP contribution < -0.4 is 5.32 Å². The molecular formula is C21H25N3O. The Kier molecular flexibility index (Phi) is 4.55. The molecule has 0 aromatic heterocycles. The van der Waals surface area contributed by atoms with E-state index < -0.39 is 0 Å². The van der Waals surface area contributed by atoms with E-state index in [1.54, 1.807) is 0 Å². The van der Waals surface area contributed by atoms with Gasteiger partial charge in [0.15, 0.2) is 0 Å². The van der Waals surface area contributed by atoms with Crippen molar-refractivity contribution in [2.24, 2.45) is 0 Å². The lowest BCUT2D eigenvalue weighted by molar-refractivity contribution is -0.123. The molecule has 1 N–H and O–H groups in total. The Morgan fingerprint density at radius 2 is 1.48 bits per heavy atom. The summed E-state index contributed by atoms with van der Waals surface area (Å²) in [4.78, 5) is 17.7. The van der Waals surface area contributed by atoms with E-state index in [1.165, 1.54) is 5.56 Å². The normalized spacial score (nSPS) is 20.2. The minimum absolute atomic E-state index is 0.162. The van der Waals surface area contributed by atoms with Crippen molar-refractivity contribution in [2.45, 2.75) is 24.9 Å². The monoisotopic (exact) mass is 335 g/mol. The molecule has 1 aliphatic heterocycles. The number of amides is 1. The number of nitrogens with zero attached hydrogens (tertiary/aromatic N) is 2. The second-order valence-corrected chi connectivity index (χ2v) is 7.10. The molecule has 130 valence electrons. The van der Waals surface area contributed by atoms with E-state index in [-0.39, 0.29) is 11.4 Å². The van der Waals surface area contributed by atoms with Crippen LogP contribution in [0.5, 0.6) is 0 Å². The van der Waals surface area contributed by atoms with Crippen LogP contribution in [0.3, 0.4) is 0 Å². The van der Waals surface area contributed by atoms with Crippen LogP contribution in [-0.4, -0.2) is 47.4 Å². The predicted molar refractivity (Wildman–Crippen MR) is 100 cm³/mol. The van der Waals surface area contributed by atoms with Gasteiger partial charge in [0.05, 0.1) is 0 Å². The van der Waals surface area contributed by atoms with Gasteiger partial charge in [0.25, 0.3) is 0 Å². The molecule has 0 atom stereocenters. The Bertz CT molecular complexity index is 704. The van der Waals surface area contributed by atoms with Crippen molar-refractivity contribution >= 4 is 11.6 Å². The fraction of sp³-hybridized carbons (Fsp3) is 0.381. The van der Waals surface area contributed by atoms with Gasteiger partial charge in [-0.15, -0.1) is 0 Å². The Morgan fingerprint density at radius 1 is 0.880 bits per heavy atom. The average molecular weight is 335 g/mol. The first-order chi connectivity index (χ1) is 12.3. The Morgan fingerprint density at radius 3 is 2.08 bits per heavy atom. The summed E-state index contributed by atoms with van der Waals surface area (Å²) in [6.07, 6.45) is 1.95. The number of hydrogen-bond donors (Lipinski definition) is 1. The first-order valence-corrected chi connectivity index (χ1v) is 9.14. The van der Waals surface area contributed by atoms with Crippen molar-refractivity contribution in [3.63, 3.8) is 0 Å². The quantitative estimate of drug-likeness (QED) is 0.912. The zero-order valence-corrected chi connectivity index (χ0v) is 14.5. The molecule has 1 aliphatic carbocycles. The molecule has 1 amide bonds. The van der Waals surface area contributed by atoms with Gasteiger partial charge in [0.2, 0.25) is 5.91 Å². The van der Waals surface area contributed by atoms with E-state index in [9.17, 15) is 4.79 Å². The van der Waals surface area contributed by atoms with Crippen LogP contribution in [-0.2, 0) is 11.3 Å². The highest BCUT2D eigenvalue weighted by molar-refractivity contribution is 6.00. The van der Waals surface area contributed by atoms with Crippen molar-refractivity contribution in [1.82, 2.24) is 9.80 Å². The number of benzene rings is 2. The summed E-state index contributed by atoms with van der Waals surface area (Å²) in [6, 6.07) is 20.4. The molecule has 2 aromatic carbocycles. The smallest absolute Gasteiger partial charge is 0.244 e. The van der Waals surface area contributed by atoms with Gasteiger partial charge < -0.3 is 5.32 Å². The molecule has 2 aliphatic rings. The molecule has 0 bridgehead atoms. The summed E-state index contributed by atoms with van der Waals surface area (Å²) >= 11 is 0. The molecular weight excluding hydrogens is 310 g/mol. The zero-order valence-electron chi connectivity index (χ0n) is 14.5. The lowest BCUT2D eigenvalue weighted by Crippen LogP contribution is -2.55. The number of nitrogens with one attached hydrogen (secondary N) is 1. The highest BCUT2D eigenvalue weighted by atomic mass is 16.2. The number of anilines is 1. The van der Waals surface area contributed by atoms with Gasteiger partial charge in [0.1, 0.15) is 5.54 Å². The van der Waals surface area contributed by atoms with Crippen LogP contribution in [0.15, 0.2) is 60.7 Å². The molecule has 2 aromatic rings. The highest BCUT2D eigenvalue weighted by Crippen LogP contribution is 2.43. The summed E-state index contributed by atoms with van der Waals surface area (Å²) in [6.45, 7) is 4.98. The summed E-state index contributed by atoms with van der Waals surface area (Å²) in [5, 5.41) is 3.10. The van der Waals surface area contributed by atoms with Gasteiger partial charge in [-0.25, -0.2) is 0 Å². The van der Waals surface area contributed by atoms with E-state index in [0.29, 0.717) is 0 Å². The number of rotatable bonds is 5. The van der Waals surface area contributed by atoms with E-state index in [2.05, 4.69) is 45.4 Å². The molecule has 0 radical (unpaired) electrons. The third-order valence-electron chi connectivity index (χ3n) is 5.40. The standard InChI is InChI=1S/C21H25N3O/c25-20(22-19-9-5-2-6-10-19)21(11-12-21)24-15-13-23(14-16-24)17-18-7-3-1-4-8-18/h1-10H,11-17H2,(H,22,25). The summed E-state index contributed by atoms with van der Waals surface area (Å²) in [5.41, 5.74) is 1.98. The third-order valence-corrected chi connectivity index (χ3v) is 5.40. The lowest BCUT2D eigenvalue weighted by Gasteiger charge is -2.39. The van der Waals surface area contributed by atoms with Crippen molar-refractivity contribution in [1.29, 1.82) is 0 Å². The minimum Gasteiger partial charge on any atom is -0.324 e. The fourth-order valence-electron chi connectivity index (χ4n) is 3.75. The third kappa shape index (κ3) is 3.60. The largest absolute Gasteiger partial charge is 0.324 e. The molecule has 0 unspecified atom stereocenters. The number of para-hydroxylation sites is 1. The SMILES string of the molecule is O=C(Nc1ccccc1)C1(N2CCN(Cc3ccccc3)CC2)CC1. The van der Waals surface area contributed by atoms with Crippen LogP contribution >= 0.6 is 0 Å². The summed E-state index contributed by atoms with van der Waals surface area (Å²) < 4.78 is 0. The van der Waals surface area contributed by atoms with E-state index in [4.69, 9.17) is 0 Å². The zero-order chi connectivity index (χ0) is 17.1. The molecule has 25 heavy (non-hydrogen) atoms. The van der Waals surface area contributed by atoms with E-state index in [0.717, 1.165) is 51.3 Å². The van der Waals surface area contributed by atoms with Crippen LogP contribution in [0.2, 0.25) is 0 Å². The molecule has 4 heteroatoms. The molecule has 0 spiro atoms. The van der Waals surface area contributed by atoms with Gasteiger partial charge in [-0.1, -0.05) is 48.5 Å². The molecule has 1 saturated carbocycles. The summed E-state index contributed by atoms with van der Waals surface area (Å²) in [5.74, 6) is 0.162. The maximum atomic E-state index is 12.8. The lowest BCUT2D eigenvalue weighted by atomic mass is 10.1. The second-order valence-electron chi connectivity index (χ2n) is 7.10. The fourth-order valence-corrected chi connectivity index (χ4v) is 3.75. The number of carbonyl (C=O) groups is 1. The molecule has 1 saturated heterocycles. The van der Waals surface area contributed by atoms with Gasteiger partial charge in [-0.05, 0) is 30.5 Å². The Labute approximate surface area is 149 Å². The molecule has 2 fully saturated rings. The molecule has 1 heterocycles. The van der Waals surface area contributed by atoms with Crippen LogP contribution in [0, 0.1) is 0 Å². The number of hydrogen-bond acceptors (Lipinski definition) is 3. The predicted octanol–water partition coefficient (Wildman–Crippen LogP) is 2.98. The maximum Gasteiger partial charge on any atom is 0.244 e. The van der Waals surface area contributed by atoms with Crippen molar-refractivity contribution in [3.8, 4) is 0 Å².